The van der Waals surface area contributed by atoms with E-state index >= 15 is 0 Å². The predicted molar refractivity (Wildman–Crippen MR) is 157 cm³/mol. The van der Waals surface area contributed by atoms with E-state index in [1.54, 1.807) is 12.1 Å². The zero-order valence-corrected chi connectivity index (χ0v) is 23.9. The number of nitrogen functional groups attached to an aromatic ring is 1. The van der Waals surface area contributed by atoms with Crippen molar-refractivity contribution in [1.29, 1.82) is 0 Å². The fourth-order valence-corrected chi connectivity index (χ4v) is 6.40. The lowest BCUT2D eigenvalue weighted by Crippen LogP contribution is -2.41. The molecular formula is C31H33F3N6O3. The van der Waals surface area contributed by atoms with Crippen molar-refractivity contribution < 1.29 is 27.8 Å². The van der Waals surface area contributed by atoms with Crippen molar-refractivity contribution in [2.45, 2.75) is 44.5 Å². The number of anilines is 2. The molecular weight excluding hydrogens is 561 g/mol. The number of carboxylic acid groups (broad SMARTS) is 1. The van der Waals surface area contributed by atoms with Gasteiger partial charge in [0.1, 0.15) is 11.9 Å². The summed E-state index contributed by atoms with van der Waals surface area (Å²) < 4.78 is 50.4. The molecule has 2 aromatic carbocycles. The van der Waals surface area contributed by atoms with Gasteiger partial charge in [-0.3, -0.25) is 4.79 Å². The van der Waals surface area contributed by atoms with Gasteiger partial charge >= 0.3 is 12.1 Å². The van der Waals surface area contributed by atoms with Gasteiger partial charge in [0.25, 0.3) is 0 Å². The number of alkyl halides is 3. The van der Waals surface area contributed by atoms with E-state index in [2.05, 4.69) is 15.3 Å². The highest BCUT2D eigenvalue weighted by atomic mass is 19.4. The second-order valence-corrected chi connectivity index (χ2v) is 11.7. The number of aryl methyl sites for hydroxylation is 2. The Labute approximate surface area is 246 Å². The Kier molecular flexibility index (Phi) is 7.19. The van der Waals surface area contributed by atoms with Crippen LogP contribution in [-0.4, -0.2) is 57.5 Å². The number of piperidine rings is 1. The molecule has 2 unspecified atom stereocenters. The quantitative estimate of drug-likeness (QED) is 0.277. The third-order valence-corrected chi connectivity index (χ3v) is 8.78. The number of halogens is 3. The molecule has 0 bridgehead atoms. The van der Waals surface area contributed by atoms with Crippen LogP contribution < -0.4 is 20.7 Å². The molecule has 6 rings (SSSR count). The van der Waals surface area contributed by atoms with Gasteiger partial charge in [0.05, 0.1) is 0 Å². The number of aliphatic carboxylic acids is 1. The lowest BCUT2D eigenvalue weighted by molar-refractivity contribution is -0.198. The van der Waals surface area contributed by atoms with E-state index in [9.17, 15) is 23.1 Å². The SMILES string of the molecule is Cc1cn(C)c2ccc(-c3ccc(C(Oc4cc(N5CCC6(CC5)CNC(C(=O)O)C6)nc(N)n4)C(F)(F)F)cc3)cc12. The number of nitrogens with one attached hydrogen (secondary N) is 1. The fraction of sp³-hybridized carbons (Fsp3) is 0.387. The van der Waals surface area contributed by atoms with Crippen molar-refractivity contribution in [2.75, 3.05) is 30.3 Å². The molecule has 4 heterocycles. The fourth-order valence-electron chi connectivity index (χ4n) is 6.40. The smallest absolute Gasteiger partial charge is 0.429 e. The summed E-state index contributed by atoms with van der Waals surface area (Å²) in [5.41, 5.74) is 9.61. The Morgan fingerprint density at radius 1 is 1.12 bits per heavy atom. The molecule has 2 saturated heterocycles. The van der Waals surface area contributed by atoms with Crippen molar-refractivity contribution in [1.82, 2.24) is 19.9 Å². The van der Waals surface area contributed by atoms with Gasteiger partial charge in [-0.1, -0.05) is 30.3 Å². The maximum Gasteiger partial charge on any atom is 0.429 e. The third kappa shape index (κ3) is 5.71. The molecule has 0 radical (unpaired) electrons. The number of hydrogen-bond donors (Lipinski definition) is 3. The highest BCUT2D eigenvalue weighted by molar-refractivity contribution is 5.88. The summed E-state index contributed by atoms with van der Waals surface area (Å²) in [6, 6.07) is 13.0. The van der Waals surface area contributed by atoms with E-state index < -0.39 is 24.3 Å². The molecule has 2 fully saturated rings. The number of nitrogens with two attached hydrogens (primary N) is 1. The van der Waals surface area contributed by atoms with Crippen LogP contribution in [0.4, 0.5) is 24.9 Å². The summed E-state index contributed by atoms with van der Waals surface area (Å²) in [5, 5.41) is 13.5. The standard InChI is InChI=1S/C31H33F3N6O3/c1-18-16-39(2)24-8-7-21(13-22(18)24)19-3-5-20(6-4-19)27(31(32,33)34)43-26-14-25(37-29(35)38-26)40-11-9-30(10-12-40)15-23(28(41)42)36-17-30/h3-8,13-14,16,23,27,36H,9-12,15,17H2,1-2H3,(H,41,42)(H2,35,37,38). The van der Waals surface area contributed by atoms with Crippen LogP contribution in [-0.2, 0) is 11.8 Å². The summed E-state index contributed by atoms with van der Waals surface area (Å²) in [6.07, 6.45) is -2.95. The Hall–Kier alpha value is -4.32. The molecule has 43 heavy (non-hydrogen) atoms. The first-order valence-corrected chi connectivity index (χ1v) is 14.2. The highest BCUT2D eigenvalue weighted by Gasteiger charge is 2.45. The predicted octanol–water partition coefficient (Wildman–Crippen LogP) is 5.24. The molecule has 12 heteroatoms. The number of fused-ring (bicyclic) bond motifs is 1. The van der Waals surface area contributed by atoms with Crippen LogP contribution in [0.1, 0.15) is 36.5 Å². The molecule has 0 amide bonds. The van der Waals surface area contributed by atoms with Gasteiger partial charge < -0.3 is 30.4 Å². The normalized spacial score (nSPS) is 19.2. The second-order valence-electron chi connectivity index (χ2n) is 11.7. The summed E-state index contributed by atoms with van der Waals surface area (Å²) in [7, 11) is 1.98. The molecule has 0 aliphatic carbocycles. The van der Waals surface area contributed by atoms with Crippen LogP contribution in [0.2, 0.25) is 0 Å². The van der Waals surface area contributed by atoms with Crippen LogP contribution >= 0.6 is 0 Å². The van der Waals surface area contributed by atoms with Gasteiger partial charge in [-0.2, -0.15) is 23.1 Å². The van der Waals surface area contributed by atoms with Crippen molar-refractivity contribution >= 4 is 28.6 Å². The van der Waals surface area contributed by atoms with Crippen LogP contribution in [0, 0.1) is 12.3 Å². The number of benzene rings is 2. The molecule has 0 saturated carbocycles. The molecule has 4 aromatic rings. The van der Waals surface area contributed by atoms with Gasteiger partial charge in [0.15, 0.2) is 0 Å². The first kappa shape index (κ1) is 28.8. The van der Waals surface area contributed by atoms with E-state index in [1.807, 2.05) is 47.8 Å². The zero-order chi connectivity index (χ0) is 30.5. The minimum atomic E-state index is -4.71. The number of nitrogens with zero attached hydrogens (tertiary/aromatic N) is 4. The van der Waals surface area contributed by atoms with Crippen LogP contribution in [0.3, 0.4) is 0 Å². The number of rotatable bonds is 6. The number of carboxylic acids is 1. The van der Waals surface area contributed by atoms with Crippen molar-refractivity contribution in [3.05, 3.63) is 65.9 Å². The second kappa shape index (κ2) is 10.7. The molecule has 2 atom stereocenters. The summed E-state index contributed by atoms with van der Waals surface area (Å²) >= 11 is 0. The third-order valence-electron chi connectivity index (χ3n) is 8.78. The van der Waals surface area contributed by atoms with Gasteiger partial charge in [-0.05, 0) is 60.4 Å². The summed E-state index contributed by atoms with van der Waals surface area (Å²) in [5.74, 6) is -0.944. The Morgan fingerprint density at radius 3 is 2.47 bits per heavy atom. The molecule has 1 spiro atoms. The lowest BCUT2D eigenvalue weighted by atomic mass is 9.76. The van der Waals surface area contributed by atoms with Gasteiger partial charge in [-0.25, -0.2) is 0 Å². The first-order chi connectivity index (χ1) is 20.4. The number of ether oxygens (including phenoxy) is 1. The molecule has 226 valence electrons. The molecule has 4 N–H and O–H groups in total. The Bertz CT molecular complexity index is 1660. The first-order valence-electron chi connectivity index (χ1n) is 14.2. The molecule has 2 aliphatic rings. The van der Waals surface area contributed by atoms with Crippen molar-refractivity contribution in [3.63, 3.8) is 0 Å². The highest BCUT2D eigenvalue weighted by Crippen LogP contribution is 2.41. The number of hydrogen-bond acceptors (Lipinski definition) is 7. The minimum absolute atomic E-state index is 0.0615. The molecule has 2 aromatic heterocycles. The Morgan fingerprint density at radius 2 is 1.81 bits per heavy atom. The minimum Gasteiger partial charge on any atom is -0.480 e. The van der Waals surface area contributed by atoms with Gasteiger partial charge in [-0.15, -0.1) is 0 Å². The number of carbonyl (C=O) groups is 1. The van der Waals surface area contributed by atoms with Crippen LogP contribution in [0.15, 0.2) is 54.7 Å². The van der Waals surface area contributed by atoms with Crippen LogP contribution in [0.25, 0.3) is 22.0 Å². The van der Waals surface area contributed by atoms with Crippen molar-refractivity contribution in [2.24, 2.45) is 12.5 Å². The van der Waals surface area contributed by atoms with Crippen LogP contribution in [0.5, 0.6) is 5.88 Å². The van der Waals surface area contributed by atoms with Crippen molar-refractivity contribution in [3.8, 4) is 17.0 Å². The maximum absolute atomic E-state index is 14.3. The van der Waals surface area contributed by atoms with E-state index in [-0.39, 0.29) is 22.8 Å². The molecule has 2 aliphatic heterocycles. The molecule has 9 nitrogen and oxygen atoms in total. The van der Waals surface area contributed by atoms with E-state index in [4.69, 9.17) is 10.5 Å². The maximum atomic E-state index is 14.3. The summed E-state index contributed by atoms with van der Waals surface area (Å²) in [4.78, 5) is 21.5. The topological polar surface area (TPSA) is 119 Å². The number of aromatic nitrogens is 3. The monoisotopic (exact) mass is 594 g/mol. The summed E-state index contributed by atoms with van der Waals surface area (Å²) in [6.45, 7) is 3.76. The Balaban J connectivity index is 1.20. The lowest BCUT2D eigenvalue weighted by Gasteiger charge is -2.39. The van der Waals surface area contributed by atoms with Gasteiger partial charge in [0.2, 0.25) is 17.9 Å². The average molecular weight is 595 g/mol. The average Bonchev–Trinajstić information content (AvgIpc) is 3.51. The van der Waals surface area contributed by atoms with E-state index in [0.29, 0.717) is 31.9 Å². The van der Waals surface area contributed by atoms with E-state index in [1.165, 1.54) is 18.2 Å². The van der Waals surface area contributed by atoms with Gasteiger partial charge in [0, 0.05) is 55.4 Å². The zero-order valence-electron chi connectivity index (χ0n) is 23.9. The van der Waals surface area contributed by atoms with E-state index in [0.717, 1.165) is 40.4 Å². The largest absolute Gasteiger partial charge is 0.480 e.